The number of fused-ring (bicyclic) bond motifs is 3. The summed E-state index contributed by atoms with van der Waals surface area (Å²) in [6, 6.07) is 10.0. The molecule has 2 saturated carbocycles. The van der Waals surface area contributed by atoms with Crippen LogP contribution >= 0.6 is 0 Å². The van der Waals surface area contributed by atoms with Gasteiger partial charge in [0, 0.05) is 11.5 Å². The van der Waals surface area contributed by atoms with Crippen molar-refractivity contribution in [3.63, 3.8) is 0 Å². The molecule has 0 saturated heterocycles. The summed E-state index contributed by atoms with van der Waals surface area (Å²) in [7, 11) is 2.92. The van der Waals surface area contributed by atoms with Gasteiger partial charge in [-0.05, 0) is 55.6 Å². The first kappa shape index (κ1) is 29.8. The van der Waals surface area contributed by atoms with E-state index in [4.69, 9.17) is 5.73 Å². The average molecular weight is 599 g/mol. The molecule has 2 aromatic carbocycles. The first-order chi connectivity index (χ1) is 20.7. The summed E-state index contributed by atoms with van der Waals surface area (Å²) in [5.41, 5.74) is 6.99. The van der Waals surface area contributed by atoms with E-state index in [2.05, 4.69) is 0 Å². The number of phenolic OH excluding ortho intramolecular Hbond substituents is 1. The molecular weight excluding hydrogens is 564 g/mol. The third kappa shape index (κ3) is 3.94. The fourth-order valence-corrected chi connectivity index (χ4v) is 7.92. The van der Waals surface area contributed by atoms with E-state index in [-0.39, 0.29) is 11.3 Å². The SMILES string of the molecule is Cc1ccc(C2=CC=C(c3ccc4c(c3O)C(=O)C3C(=O)[C@]5(O)C(=O)C(C(N)=O)C(=O)[C@@H](N(C)C)[C@@H]5[C@@H](O)[C@@H]3[C@H]4C)C2)cc1. The van der Waals surface area contributed by atoms with E-state index >= 15 is 0 Å². The van der Waals surface area contributed by atoms with Crippen molar-refractivity contribution in [2.45, 2.75) is 43.9 Å². The number of allylic oxidation sites excluding steroid dienone is 4. The van der Waals surface area contributed by atoms with Gasteiger partial charge in [0.05, 0.1) is 29.5 Å². The first-order valence-corrected chi connectivity index (χ1v) is 14.6. The number of likely N-dealkylation sites (N-methyl/N-ethyl adjacent to an activating group) is 1. The van der Waals surface area contributed by atoms with Gasteiger partial charge in [0.2, 0.25) is 5.91 Å². The van der Waals surface area contributed by atoms with Gasteiger partial charge in [-0.25, -0.2) is 0 Å². The summed E-state index contributed by atoms with van der Waals surface area (Å²) < 4.78 is 0. The van der Waals surface area contributed by atoms with Crippen LogP contribution in [0.15, 0.2) is 48.6 Å². The number of nitrogens with zero attached hydrogens (tertiary/aromatic N) is 1. The Kier molecular flexibility index (Phi) is 6.88. The van der Waals surface area contributed by atoms with Crippen LogP contribution in [0.2, 0.25) is 0 Å². The number of rotatable bonds is 4. The molecule has 5 N–H and O–H groups in total. The Bertz CT molecular complexity index is 1720. The molecule has 1 amide bonds. The lowest BCUT2D eigenvalue weighted by Crippen LogP contribution is -2.77. The molecule has 6 rings (SSSR count). The standard InChI is InChI=1S/C34H34N2O8/c1-14-5-7-16(8-6-14)17-9-10-18(13-17)20-12-11-19-15(2)21-23(28(38)22(19)27(20)37)31(41)34(44)25(29(21)39)26(36(3)4)30(40)24(32(34)42)33(35)43/h5-12,15,21,23-26,29,37,39,44H,13H2,1-4H3,(H2,35,43)/t15-,21+,23?,24?,25+,26-,29-,34-/m0/s1. The van der Waals surface area contributed by atoms with Crippen LogP contribution < -0.4 is 5.73 Å². The minimum atomic E-state index is -3.02. The second-order valence-electron chi connectivity index (χ2n) is 12.7. The van der Waals surface area contributed by atoms with E-state index in [1.54, 1.807) is 19.1 Å². The average Bonchev–Trinajstić information content (AvgIpc) is 3.45. The number of aliphatic hydroxyl groups excluding tert-OH is 1. The van der Waals surface area contributed by atoms with Crippen LogP contribution in [-0.4, -0.2) is 81.1 Å². The lowest BCUT2D eigenvalue weighted by atomic mass is 9.49. The van der Waals surface area contributed by atoms with Crippen molar-refractivity contribution >= 4 is 40.2 Å². The number of primary amides is 1. The molecule has 4 aliphatic rings. The van der Waals surface area contributed by atoms with Gasteiger partial charge in [-0.1, -0.05) is 61.0 Å². The first-order valence-electron chi connectivity index (χ1n) is 14.6. The van der Waals surface area contributed by atoms with Gasteiger partial charge in [0.25, 0.3) is 0 Å². The molecule has 2 aromatic rings. The molecule has 0 bridgehead atoms. The Morgan fingerprint density at radius 3 is 2.23 bits per heavy atom. The summed E-state index contributed by atoms with van der Waals surface area (Å²) in [5.74, 6) is -13.3. The molecule has 2 unspecified atom stereocenters. The molecule has 0 heterocycles. The predicted molar refractivity (Wildman–Crippen MR) is 159 cm³/mol. The number of phenols is 1. The second kappa shape index (κ2) is 10.2. The molecule has 10 nitrogen and oxygen atoms in total. The summed E-state index contributed by atoms with van der Waals surface area (Å²) in [5, 5.41) is 35.1. The van der Waals surface area contributed by atoms with Crippen LogP contribution in [-0.2, 0) is 19.2 Å². The predicted octanol–water partition coefficient (Wildman–Crippen LogP) is 1.58. The number of ketones is 4. The molecule has 228 valence electrons. The van der Waals surface area contributed by atoms with Gasteiger partial charge >= 0.3 is 0 Å². The Morgan fingerprint density at radius 2 is 1.61 bits per heavy atom. The Labute approximate surface area is 253 Å². The highest BCUT2D eigenvalue weighted by molar-refractivity contribution is 6.32. The maximum Gasteiger partial charge on any atom is 0.235 e. The van der Waals surface area contributed by atoms with Crippen molar-refractivity contribution in [2.75, 3.05) is 14.1 Å². The molecule has 2 fully saturated rings. The lowest BCUT2D eigenvalue weighted by Gasteiger charge is -2.56. The number of aromatic hydroxyl groups is 1. The quantitative estimate of drug-likeness (QED) is 0.381. The normalized spacial score (nSPS) is 33.0. The van der Waals surface area contributed by atoms with E-state index in [9.17, 15) is 39.3 Å². The highest BCUT2D eigenvalue weighted by atomic mass is 16.3. The smallest absolute Gasteiger partial charge is 0.235 e. The van der Waals surface area contributed by atoms with Crippen molar-refractivity contribution in [1.82, 2.24) is 4.90 Å². The summed E-state index contributed by atoms with van der Waals surface area (Å²) in [4.78, 5) is 68.7. The number of carbonyl (C=O) groups excluding carboxylic acids is 5. The van der Waals surface area contributed by atoms with Gasteiger partial charge in [-0.2, -0.15) is 0 Å². The van der Waals surface area contributed by atoms with Crippen molar-refractivity contribution in [1.29, 1.82) is 0 Å². The van der Waals surface area contributed by atoms with Crippen molar-refractivity contribution in [3.05, 3.63) is 76.4 Å². The summed E-state index contributed by atoms with van der Waals surface area (Å²) >= 11 is 0. The molecule has 0 aliphatic heterocycles. The van der Waals surface area contributed by atoms with Gasteiger partial charge in [-0.3, -0.25) is 28.9 Å². The number of hydrogen-bond acceptors (Lipinski definition) is 9. The molecule has 0 aromatic heterocycles. The zero-order valence-corrected chi connectivity index (χ0v) is 24.8. The number of carbonyl (C=O) groups is 5. The monoisotopic (exact) mass is 598 g/mol. The van der Waals surface area contributed by atoms with Crippen LogP contribution in [0, 0.1) is 30.6 Å². The Balaban J connectivity index is 1.42. The molecular formula is C34H34N2O8. The third-order valence-electron chi connectivity index (χ3n) is 10.1. The molecule has 10 heteroatoms. The van der Waals surface area contributed by atoms with E-state index in [0.717, 1.165) is 22.3 Å². The largest absolute Gasteiger partial charge is 0.507 e. The molecule has 4 aliphatic carbocycles. The van der Waals surface area contributed by atoms with Gasteiger partial charge in [0.15, 0.2) is 34.7 Å². The molecule has 8 atom stereocenters. The van der Waals surface area contributed by atoms with Crippen molar-refractivity contribution in [3.8, 4) is 5.75 Å². The zero-order valence-electron chi connectivity index (χ0n) is 24.8. The number of aliphatic hydroxyl groups is 2. The minimum Gasteiger partial charge on any atom is -0.507 e. The number of nitrogens with two attached hydrogens (primary N) is 1. The maximum absolute atomic E-state index is 14.2. The van der Waals surface area contributed by atoms with E-state index < -0.39 is 76.4 Å². The maximum atomic E-state index is 14.2. The highest BCUT2D eigenvalue weighted by Crippen LogP contribution is 2.55. The van der Waals surface area contributed by atoms with E-state index in [1.807, 2.05) is 43.3 Å². The van der Waals surface area contributed by atoms with E-state index in [0.29, 0.717) is 17.5 Å². The number of Topliss-reactive ketones (excluding diaryl/α,β-unsaturated/α-hetero) is 4. The van der Waals surface area contributed by atoms with Crippen LogP contribution in [0.3, 0.4) is 0 Å². The number of benzene rings is 2. The number of hydrogen-bond donors (Lipinski definition) is 4. The second-order valence-corrected chi connectivity index (χ2v) is 12.7. The van der Waals surface area contributed by atoms with Crippen LogP contribution in [0.25, 0.3) is 11.1 Å². The highest BCUT2D eigenvalue weighted by Gasteiger charge is 2.72. The fraction of sp³-hybridized carbons (Fsp3) is 0.382. The zero-order chi connectivity index (χ0) is 32.0. The minimum absolute atomic E-state index is 0.113. The van der Waals surface area contributed by atoms with Crippen LogP contribution in [0.1, 0.15) is 51.9 Å². The Hall–Kier alpha value is -4.25. The van der Waals surface area contributed by atoms with Crippen LogP contribution in [0.5, 0.6) is 5.75 Å². The van der Waals surface area contributed by atoms with Crippen molar-refractivity contribution in [2.24, 2.45) is 29.4 Å². The van der Waals surface area contributed by atoms with E-state index in [1.165, 1.54) is 19.0 Å². The van der Waals surface area contributed by atoms with Gasteiger partial charge in [0.1, 0.15) is 5.75 Å². The molecule has 44 heavy (non-hydrogen) atoms. The fourth-order valence-electron chi connectivity index (χ4n) is 7.92. The lowest BCUT2D eigenvalue weighted by molar-refractivity contribution is -0.196. The topological polar surface area (TPSA) is 175 Å². The Morgan fingerprint density at radius 1 is 0.977 bits per heavy atom. The van der Waals surface area contributed by atoms with Crippen molar-refractivity contribution < 1.29 is 39.3 Å². The summed E-state index contributed by atoms with van der Waals surface area (Å²) in [6.45, 7) is 3.69. The van der Waals surface area contributed by atoms with Gasteiger partial charge < -0.3 is 21.1 Å². The summed E-state index contributed by atoms with van der Waals surface area (Å²) in [6.07, 6.45) is 2.64. The number of amides is 1. The van der Waals surface area contributed by atoms with Gasteiger partial charge in [-0.15, -0.1) is 0 Å². The molecule has 0 spiro atoms. The molecule has 0 radical (unpaired) electrons. The number of aryl methyl sites for hydroxylation is 1. The van der Waals surface area contributed by atoms with Crippen LogP contribution in [0.4, 0.5) is 0 Å². The third-order valence-corrected chi connectivity index (χ3v) is 10.1.